The van der Waals surface area contributed by atoms with Crippen molar-refractivity contribution in [2.45, 2.75) is 31.7 Å². The van der Waals surface area contributed by atoms with Crippen LogP contribution in [-0.4, -0.2) is 19.1 Å². The van der Waals surface area contributed by atoms with Gasteiger partial charge in [-0.15, -0.1) is 0 Å². The lowest BCUT2D eigenvalue weighted by Crippen LogP contribution is -2.32. The molecule has 0 saturated heterocycles. The molecule has 2 aliphatic carbocycles. The number of hydrogen-bond acceptors (Lipinski definition) is 3. The fraction of sp³-hybridized carbons (Fsp3) is 0.900. The van der Waals surface area contributed by atoms with Crippen LogP contribution in [0.15, 0.2) is 0 Å². The zero-order valence-corrected chi connectivity index (χ0v) is 8.03. The van der Waals surface area contributed by atoms with Crippen LogP contribution in [0, 0.1) is 17.8 Å². The number of carbonyl (C=O) groups excluding carboxylic acids is 1. The summed E-state index contributed by atoms with van der Waals surface area (Å²) in [5.41, 5.74) is 5.94. The number of ether oxygens (including phenoxy) is 1. The first-order valence-corrected chi connectivity index (χ1v) is 5.03. The molecule has 0 aliphatic heterocycles. The molecule has 3 nitrogen and oxygen atoms in total. The van der Waals surface area contributed by atoms with Gasteiger partial charge >= 0.3 is 5.97 Å². The number of esters is 1. The molecular weight excluding hydrogens is 166 g/mol. The largest absolute Gasteiger partial charge is 0.469 e. The Balaban J connectivity index is 1.77. The van der Waals surface area contributed by atoms with E-state index in [1.54, 1.807) is 0 Å². The fourth-order valence-corrected chi connectivity index (χ4v) is 2.55. The van der Waals surface area contributed by atoms with Crippen LogP contribution >= 0.6 is 0 Å². The molecule has 3 heteroatoms. The number of rotatable bonds is 3. The van der Waals surface area contributed by atoms with Gasteiger partial charge in [0, 0.05) is 6.04 Å². The van der Waals surface area contributed by atoms with Gasteiger partial charge in [-0.05, 0) is 37.0 Å². The van der Waals surface area contributed by atoms with E-state index in [1.807, 2.05) is 0 Å². The van der Waals surface area contributed by atoms with Crippen molar-refractivity contribution in [2.75, 3.05) is 7.11 Å². The molecule has 74 valence electrons. The van der Waals surface area contributed by atoms with Crippen LogP contribution in [-0.2, 0) is 9.53 Å². The predicted molar refractivity (Wildman–Crippen MR) is 48.9 cm³/mol. The van der Waals surface area contributed by atoms with Crippen molar-refractivity contribution in [3.05, 3.63) is 0 Å². The molecule has 0 heterocycles. The van der Waals surface area contributed by atoms with Crippen molar-refractivity contribution in [1.29, 1.82) is 0 Å². The standard InChI is InChI=1S/C10H17NO2/c1-13-10(12)5-9(11)8-3-6-2-7(6)4-8/h6-9H,2-5,11H2,1H3. The summed E-state index contributed by atoms with van der Waals surface area (Å²) in [6.45, 7) is 0. The van der Waals surface area contributed by atoms with Crippen LogP contribution < -0.4 is 5.73 Å². The normalized spacial score (nSPS) is 38.2. The molecule has 2 rings (SSSR count). The number of methoxy groups -OCH3 is 1. The second-order valence-corrected chi connectivity index (χ2v) is 4.43. The van der Waals surface area contributed by atoms with Gasteiger partial charge < -0.3 is 10.5 Å². The van der Waals surface area contributed by atoms with Gasteiger partial charge in [0.15, 0.2) is 0 Å². The average molecular weight is 183 g/mol. The molecule has 0 aromatic heterocycles. The van der Waals surface area contributed by atoms with E-state index in [4.69, 9.17) is 5.73 Å². The summed E-state index contributed by atoms with van der Waals surface area (Å²) in [7, 11) is 1.42. The van der Waals surface area contributed by atoms with Crippen molar-refractivity contribution in [3.63, 3.8) is 0 Å². The van der Waals surface area contributed by atoms with E-state index in [-0.39, 0.29) is 12.0 Å². The highest BCUT2D eigenvalue weighted by Gasteiger charge is 2.47. The van der Waals surface area contributed by atoms with Gasteiger partial charge in [-0.25, -0.2) is 0 Å². The van der Waals surface area contributed by atoms with Crippen molar-refractivity contribution >= 4 is 5.97 Å². The number of nitrogens with two attached hydrogens (primary N) is 1. The third-order valence-corrected chi connectivity index (χ3v) is 3.52. The zero-order valence-electron chi connectivity index (χ0n) is 8.03. The highest BCUT2D eigenvalue weighted by Crippen LogP contribution is 2.55. The third kappa shape index (κ3) is 1.85. The lowest BCUT2D eigenvalue weighted by atomic mass is 9.93. The van der Waals surface area contributed by atoms with Crippen LogP contribution in [0.25, 0.3) is 0 Å². The Morgan fingerprint density at radius 2 is 2.08 bits per heavy atom. The molecule has 3 unspecified atom stereocenters. The average Bonchev–Trinajstić information content (AvgIpc) is 2.73. The Kier molecular flexibility index (Phi) is 2.28. The van der Waals surface area contributed by atoms with E-state index < -0.39 is 0 Å². The second kappa shape index (κ2) is 3.29. The van der Waals surface area contributed by atoms with E-state index in [1.165, 1.54) is 26.4 Å². The van der Waals surface area contributed by atoms with Crippen molar-refractivity contribution in [3.8, 4) is 0 Å². The molecule has 0 aromatic rings. The molecule has 0 spiro atoms. The molecular formula is C10H17NO2. The Morgan fingerprint density at radius 3 is 2.62 bits per heavy atom. The molecule has 13 heavy (non-hydrogen) atoms. The molecule has 3 atom stereocenters. The van der Waals surface area contributed by atoms with Crippen LogP contribution in [0.4, 0.5) is 0 Å². The lowest BCUT2D eigenvalue weighted by Gasteiger charge is -2.19. The van der Waals surface area contributed by atoms with E-state index in [0.717, 1.165) is 11.8 Å². The van der Waals surface area contributed by atoms with Crippen LogP contribution in [0.2, 0.25) is 0 Å². The summed E-state index contributed by atoms with van der Waals surface area (Å²) in [6.07, 6.45) is 4.27. The van der Waals surface area contributed by atoms with Gasteiger partial charge in [0.1, 0.15) is 0 Å². The maximum absolute atomic E-state index is 11.0. The first-order valence-electron chi connectivity index (χ1n) is 5.03. The number of carbonyl (C=O) groups is 1. The Hall–Kier alpha value is -0.570. The second-order valence-electron chi connectivity index (χ2n) is 4.43. The van der Waals surface area contributed by atoms with Gasteiger partial charge in [0.05, 0.1) is 13.5 Å². The number of fused-ring (bicyclic) bond motifs is 1. The first-order chi connectivity index (χ1) is 6.20. The van der Waals surface area contributed by atoms with Gasteiger partial charge in [0.2, 0.25) is 0 Å². The Labute approximate surface area is 78.6 Å². The minimum absolute atomic E-state index is 0.0280. The quantitative estimate of drug-likeness (QED) is 0.662. The maximum Gasteiger partial charge on any atom is 0.307 e. The Morgan fingerprint density at radius 1 is 1.46 bits per heavy atom. The van der Waals surface area contributed by atoms with Crippen LogP contribution in [0.5, 0.6) is 0 Å². The highest BCUT2D eigenvalue weighted by molar-refractivity contribution is 5.69. The Bertz CT molecular complexity index is 207. The molecule has 2 fully saturated rings. The summed E-state index contributed by atoms with van der Waals surface area (Å²) < 4.78 is 4.60. The first kappa shape index (κ1) is 9.00. The third-order valence-electron chi connectivity index (χ3n) is 3.52. The molecule has 0 radical (unpaired) electrons. The maximum atomic E-state index is 11.0. The van der Waals surface area contributed by atoms with Gasteiger partial charge in [-0.3, -0.25) is 4.79 Å². The van der Waals surface area contributed by atoms with E-state index in [9.17, 15) is 4.79 Å². The number of hydrogen-bond donors (Lipinski definition) is 1. The van der Waals surface area contributed by atoms with E-state index in [0.29, 0.717) is 12.3 Å². The fourth-order valence-electron chi connectivity index (χ4n) is 2.55. The van der Waals surface area contributed by atoms with E-state index in [2.05, 4.69) is 4.74 Å². The molecule has 0 amide bonds. The van der Waals surface area contributed by atoms with Crippen molar-refractivity contribution in [2.24, 2.45) is 23.5 Å². The summed E-state index contributed by atoms with van der Waals surface area (Å²) in [5, 5.41) is 0. The van der Waals surface area contributed by atoms with Crippen molar-refractivity contribution < 1.29 is 9.53 Å². The molecule has 2 saturated carbocycles. The summed E-state index contributed by atoms with van der Waals surface area (Å²) >= 11 is 0. The summed E-state index contributed by atoms with van der Waals surface area (Å²) in [5.74, 6) is 2.28. The van der Waals surface area contributed by atoms with Crippen molar-refractivity contribution in [1.82, 2.24) is 0 Å². The summed E-state index contributed by atoms with van der Waals surface area (Å²) in [4.78, 5) is 11.0. The SMILES string of the molecule is COC(=O)CC(N)C1CC2CC2C1. The van der Waals surface area contributed by atoms with Gasteiger partial charge in [-0.1, -0.05) is 0 Å². The minimum Gasteiger partial charge on any atom is -0.469 e. The predicted octanol–water partition coefficient (Wildman–Crippen LogP) is 0.923. The van der Waals surface area contributed by atoms with Crippen LogP contribution in [0.1, 0.15) is 25.7 Å². The van der Waals surface area contributed by atoms with E-state index >= 15 is 0 Å². The molecule has 0 bridgehead atoms. The molecule has 0 aromatic carbocycles. The zero-order chi connectivity index (χ0) is 9.42. The highest BCUT2D eigenvalue weighted by atomic mass is 16.5. The lowest BCUT2D eigenvalue weighted by molar-refractivity contribution is -0.141. The summed E-state index contributed by atoms with van der Waals surface area (Å²) in [6, 6.07) is 0.0280. The van der Waals surface area contributed by atoms with Gasteiger partial charge in [-0.2, -0.15) is 0 Å². The topological polar surface area (TPSA) is 52.3 Å². The smallest absolute Gasteiger partial charge is 0.307 e. The monoisotopic (exact) mass is 183 g/mol. The molecule has 2 aliphatic rings. The minimum atomic E-state index is -0.173. The molecule has 2 N–H and O–H groups in total. The van der Waals surface area contributed by atoms with Gasteiger partial charge in [0.25, 0.3) is 0 Å². The van der Waals surface area contributed by atoms with Crippen LogP contribution in [0.3, 0.4) is 0 Å².